The molecule has 1 N–H and O–H groups in total. The second-order valence-electron chi connectivity index (χ2n) is 6.40. The normalized spacial score (nSPS) is 17.0. The number of carbonyl (C=O) groups is 2. The summed E-state index contributed by atoms with van der Waals surface area (Å²) in [4.78, 5) is 32.6. The molecule has 7 nitrogen and oxygen atoms in total. The van der Waals surface area contributed by atoms with Gasteiger partial charge < -0.3 is 19.9 Å². The van der Waals surface area contributed by atoms with E-state index in [4.69, 9.17) is 4.74 Å². The van der Waals surface area contributed by atoms with E-state index >= 15 is 0 Å². The van der Waals surface area contributed by atoms with Crippen molar-refractivity contribution in [3.05, 3.63) is 54.4 Å². The fourth-order valence-corrected chi connectivity index (χ4v) is 3.13. The van der Waals surface area contributed by atoms with Gasteiger partial charge >= 0.3 is 6.03 Å². The van der Waals surface area contributed by atoms with E-state index in [0.29, 0.717) is 26.1 Å². The monoisotopic (exact) mass is 368 g/mol. The maximum atomic E-state index is 12.8. The van der Waals surface area contributed by atoms with Crippen molar-refractivity contribution in [1.29, 1.82) is 0 Å². The van der Waals surface area contributed by atoms with E-state index < -0.39 is 6.04 Å². The minimum atomic E-state index is -0.515. The van der Waals surface area contributed by atoms with Crippen molar-refractivity contribution in [3.8, 4) is 5.75 Å². The van der Waals surface area contributed by atoms with Gasteiger partial charge in [0.25, 0.3) is 0 Å². The molecule has 7 heteroatoms. The Balaban J connectivity index is 1.56. The van der Waals surface area contributed by atoms with Crippen LogP contribution in [-0.2, 0) is 11.2 Å². The lowest BCUT2D eigenvalue weighted by molar-refractivity contribution is -0.124. The number of nitrogens with one attached hydrogen (secondary N) is 1. The molecule has 0 saturated carbocycles. The zero-order valence-electron chi connectivity index (χ0n) is 15.6. The second kappa shape index (κ2) is 8.53. The van der Waals surface area contributed by atoms with Crippen LogP contribution in [0.2, 0.25) is 0 Å². The molecule has 1 aliphatic rings. The summed E-state index contributed by atoms with van der Waals surface area (Å²) in [5.41, 5.74) is 1.87. The zero-order valence-corrected chi connectivity index (χ0v) is 15.6. The number of amides is 3. The highest BCUT2D eigenvalue weighted by atomic mass is 16.5. The average molecular weight is 368 g/mol. The van der Waals surface area contributed by atoms with Crippen molar-refractivity contribution in [2.75, 3.05) is 31.6 Å². The molecule has 1 atom stereocenters. The lowest BCUT2D eigenvalue weighted by Gasteiger charge is -2.39. The Kier molecular flexibility index (Phi) is 5.90. The summed E-state index contributed by atoms with van der Waals surface area (Å²) in [6.07, 6.45) is 4.21. The smallest absolute Gasteiger partial charge is 0.318 e. The first-order valence-electron chi connectivity index (χ1n) is 8.99. The molecule has 1 aromatic heterocycles. The number of piperazine rings is 1. The van der Waals surface area contributed by atoms with Crippen LogP contribution in [0.1, 0.15) is 12.5 Å². The van der Waals surface area contributed by atoms with Crippen LogP contribution in [0.5, 0.6) is 5.75 Å². The molecule has 0 bridgehead atoms. The Morgan fingerprint density at radius 1 is 1.26 bits per heavy atom. The Morgan fingerprint density at radius 2 is 2.04 bits per heavy atom. The predicted molar refractivity (Wildman–Crippen MR) is 103 cm³/mol. The summed E-state index contributed by atoms with van der Waals surface area (Å²) in [7, 11) is 1.61. The molecular weight excluding hydrogens is 344 g/mol. The van der Waals surface area contributed by atoms with Gasteiger partial charge in [0.15, 0.2) is 0 Å². The molecule has 142 valence electrons. The van der Waals surface area contributed by atoms with Crippen molar-refractivity contribution in [3.63, 3.8) is 0 Å². The van der Waals surface area contributed by atoms with Gasteiger partial charge in [0.1, 0.15) is 11.8 Å². The van der Waals surface area contributed by atoms with Gasteiger partial charge in [0, 0.05) is 37.7 Å². The summed E-state index contributed by atoms with van der Waals surface area (Å²) >= 11 is 0. The van der Waals surface area contributed by atoms with Gasteiger partial charge in [-0.05, 0) is 49.2 Å². The van der Waals surface area contributed by atoms with Crippen LogP contribution in [0.25, 0.3) is 0 Å². The average Bonchev–Trinajstić information content (AvgIpc) is 2.71. The Bertz CT molecular complexity index is 780. The van der Waals surface area contributed by atoms with Crippen LogP contribution in [0, 0.1) is 0 Å². The number of hydrogen-bond acceptors (Lipinski definition) is 4. The van der Waals surface area contributed by atoms with Gasteiger partial charge in [-0.2, -0.15) is 0 Å². The van der Waals surface area contributed by atoms with E-state index in [9.17, 15) is 9.59 Å². The molecule has 1 aromatic carbocycles. The molecule has 2 aromatic rings. The minimum Gasteiger partial charge on any atom is -0.497 e. The third kappa shape index (κ3) is 4.36. The summed E-state index contributed by atoms with van der Waals surface area (Å²) in [5, 5.41) is 2.89. The van der Waals surface area contributed by atoms with Gasteiger partial charge in [0.05, 0.1) is 7.11 Å². The van der Waals surface area contributed by atoms with Gasteiger partial charge in [-0.1, -0.05) is 6.07 Å². The Labute approximate surface area is 158 Å². The molecule has 27 heavy (non-hydrogen) atoms. The molecule has 0 aliphatic carbocycles. The van der Waals surface area contributed by atoms with E-state index in [0.717, 1.165) is 17.0 Å². The first-order chi connectivity index (χ1) is 13.1. The molecule has 2 heterocycles. The SMILES string of the molecule is COc1ccc(N2CCN(C(=O)NCCc3cccnc3)[C@@H](C)C2=O)cc1. The van der Waals surface area contributed by atoms with Gasteiger partial charge in [-0.15, -0.1) is 0 Å². The van der Waals surface area contributed by atoms with Crippen LogP contribution in [0.15, 0.2) is 48.8 Å². The Morgan fingerprint density at radius 3 is 2.70 bits per heavy atom. The number of aromatic nitrogens is 1. The van der Waals surface area contributed by atoms with E-state index in [1.165, 1.54) is 0 Å². The van der Waals surface area contributed by atoms with Gasteiger partial charge in [-0.25, -0.2) is 4.79 Å². The number of nitrogens with zero attached hydrogens (tertiary/aromatic N) is 3. The van der Waals surface area contributed by atoms with Gasteiger partial charge in [-0.3, -0.25) is 9.78 Å². The summed E-state index contributed by atoms with van der Waals surface area (Å²) in [6.45, 7) is 3.21. The summed E-state index contributed by atoms with van der Waals surface area (Å²) in [6, 6.07) is 10.5. The number of methoxy groups -OCH3 is 1. The molecule has 0 spiro atoms. The van der Waals surface area contributed by atoms with Crippen molar-refractivity contribution in [2.24, 2.45) is 0 Å². The lowest BCUT2D eigenvalue weighted by atomic mass is 10.1. The first-order valence-corrected chi connectivity index (χ1v) is 8.99. The summed E-state index contributed by atoms with van der Waals surface area (Å²) < 4.78 is 5.15. The molecular formula is C20H24N4O3. The number of carbonyl (C=O) groups excluding carboxylic acids is 2. The number of anilines is 1. The number of hydrogen-bond donors (Lipinski definition) is 1. The quantitative estimate of drug-likeness (QED) is 0.877. The fraction of sp³-hybridized carbons (Fsp3) is 0.350. The van der Waals surface area contributed by atoms with E-state index in [1.807, 2.05) is 36.4 Å². The molecule has 0 unspecified atom stereocenters. The van der Waals surface area contributed by atoms with Gasteiger partial charge in [0.2, 0.25) is 5.91 Å². The summed E-state index contributed by atoms with van der Waals surface area (Å²) in [5.74, 6) is 0.653. The lowest BCUT2D eigenvalue weighted by Crippen LogP contribution is -2.59. The third-order valence-corrected chi connectivity index (χ3v) is 4.71. The standard InChI is InChI=1S/C20H24N4O3/c1-15-19(25)24(17-5-7-18(27-2)8-6-17)13-12-23(15)20(26)22-11-9-16-4-3-10-21-14-16/h3-8,10,14-15H,9,11-13H2,1-2H3,(H,22,26)/t15-/m0/s1. The second-order valence-corrected chi connectivity index (χ2v) is 6.40. The van der Waals surface area contributed by atoms with Crippen LogP contribution in [0.3, 0.4) is 0 Å². The van der Waals surface area contributed by atoms with Crippen LogP contribution in [0.4, 0.5) is 10.5 Å². The molecule has 3 rings (SSSR count). The highest BCUT2D eigenvalue weighted by Gasteiger charge is 2.34. The molecule has 1 fully saturated rings. The predicted octanol–water partition coefficient (Wildman–Crippen LogP) is 2.08. The third-order valence-electron chi connectivity index (χ3n) is 4.71. The van der Waals surface area contributed by atoms with Crippen molar-refractivity contribution in [1.82, 2.24) is 15.2 Å². The van der Waals surface area contributed by atoms with E-state index in [1.54, 1.807) is 36.2 Å². The highest BCUT2D eigenvalue weighted by molar-refractivity contribution is 6.00. The number of rotatable bonds is 5. The highest BCUT2D eigenvalue weighted by Crippen LogP contribution is 2.23. The topological polar surface area (TPSA) is 74.8 Å². The van der Waals surface area contributed by atoms with Crippen molar-refractivity contribution >= 4 is 17.6 Å². The molecule has 0 radical (unpaired) electrons. The minimum absolute atomic E-state index is 0.0890. The molecule has 3 amide bonds. The van der Waals surface area contributed by atoms with E-state index in [2.05, 4.69) is 10.3 Å². The maximum Gasteiger partial charge on any atom is 0.318 e. The van der Waals surface area contributed by atoms with Crippen LogP contribution in [-0.4, -0.2) is 54.6 Å². The van der Waals surface area contributed by atoms with Crippen LogP contribution >= 0.6 is 0 Å². The Hall–Kier alpha value is -3.09. The first kappa shape index (κ1) is 18.7. The van der Waals surface area contributed by atoms with E-state index in [-0.39, 0.29) is 11.9 Å². The number of urea groups is 1. The number of benzene rings is 1. The number of ether oxygens (including phenoxy) is 1. The zero-order chi connectivity index (χ0) is 19.2. The largest absolute Gasteiger partial charge is 0.497 e. The molecule has 1 saturated heterocycles. The number of pyridine rings is 1. The van der Waals surface area contributed by atoms with Crippen molar-refractivity contribution < 1.29 is 14.3 Å². The van der Waals surface area contributed by atoms with Crippen molar-refractivity contribution in [2.45, 2.75) is 19.4 Å². The molecule has 1 aliphatic heterocycles. The maximum absolute atomic E-state index is 12.8. The van der Waals surface area contributed by atoms with Crippen LogP contribution < -0.4 is 15.0 Å². The fourth-order valence-electron chi connectivity index (χ4n) is 3.13.